The van der Waals surface area contributed by atoms with E-state index in [9.17, 15) is 9.59 Å². The van der Waals surface area contributed by atoms with E-state index >= 15 is 0 Å². The molecule has 2 N–H and O–H groups in total. The fourth-order valence-corrected chi connectivity index (χ4v) is 2.91. The Morgan fingerprint density at radius 2 is 1.88 bits per heavy atom. The monoisotopic (exact) mass is 398 g/mol. The van der Waals surface area contributed by atoms with Gasteiger partial charge < -0.3 is 19.9 Å². The first kappa shape index (κ1) is 18.9. The van der Waals surface area contributed by atoms with Crippen molar-refractivity contribution in [1.29, 1.82) is 0 Å². The molecule has 1 heterocycles. The number of ether oxygens (including phenoxy) is 1. The van der Waals surface area contributed by atoms with E-state index in [0.29, 0.717) is 32.8 Å². The highest BCUT2D eigenvalue weighted by Crippen LogP contribution is 2.16. The fraction of sp³-hybridized carbons (Fsp3) is 0.529. The predicted molar refractivity (Wildman–Crippen MR) is 94.7 cm³/mol. The first-order valence-electron chi connectivity index (χ1n) is 8.17. The van der Waals surface area contributed by atoms with Crippen molar-refractivity contribution < 1.29 is 19.2 Å². The Hall–Kier alpha value is -1.44. The quantitative estimate of drug-likeness (QED) is 0.708. The van der Waals surface area contributed by atoms with E-state index < -0.39 is 0 Å². The molecule has 0 saturated carbocycles. The normalized spacial score (nSPS) is 17.2. The van der Waals surface area contributed by atoms with Crippen LogP contribution < -0.4 is 10.2 Å². The van der Waals surface area contributed by atoms with Gasteiger partial charge in [0.25, 0.3) is 11.8 Å². The summed E-state index contributed by atoms with van der Waals surface area (Å²) in [4.78, 5) is 27.0. The summed E-state index contributed by atoms with van der Waals surface area (Å²) in [5, 5.41) is 2.98. The van der Waals surface area contributed by atoms with Gasteiger partial charge in [-0.25, -0.2) is 0 Å². The average molecular weight is 399 g/mol. The minimum absolute atomic E-state index is 0.0577. The van der Waals surface area contributed by atoms with Gasteiger partial charge in [-0.15, -0.1) is 0 Å². The first-order chi connectivity index (χ1) is 11.5. The second-order valence-electron chi connectivity index (χ2n) is 6.14. The smallest absolute Gasteiger partial charge is 0.277 e. The van der Waals surface area contributed by atoms with Crippen LogP contribution in [0.3, 0.4) is 0 Å². The van der Waals surface area contributed by atoms with Crippen molar-refractivity contribution in [2.45, 2.75) is 13.0 Å². The maximum Gasteiger partial charge on any atom is 0.277 e. The molecule has 2 rings (SSSR count). The summed E-state index contributed by atoms with van der Waals surface area (Å²) in [5.41, 5.74) is 1.05. The highest BCUT2D eigenvalue weighted by atomic mass is 79.9. The molecule has 0 aliphatic carbocycles. The van der Waals surface area contributed by atoms with Gasteiger partial charge >= 0.3 is 0 Å². The lowest BCUT2D eigenvalue weighted by atomic mass is 10.1. The number of halogens is 1. The molecule has 1 unspecified atom stereocenters. The molecule has 1 saturated heterocycles. The fourth-order valence-electron chi connectivity index (χ4n) is 2.65. The molecule has 0 spiro atoms. The highest BCUT2D eigenvalue weighted by Gasteiger charge is 2.22. The Bertz CT molecular complexity index is 559. The highest BCUT2D eigenvalue weighted by molar-refractivity contribution is 9.10. The number of benzene rings is 1. The second kappa shape index (κ2) is 9.15. The van der Waals surface area contributed by atoms with E-state index in [1.165, 1.54) is 0 Å². The van der Waals surface area contributed by atoms with Crippen molar-refractivity contribution >= 4 is 27.7 Å². The maximum absolute atomic E-state index is 12.2. The summed E-state index contributed by atoms with van der Waals surface area (Å²) in [6.45, 7) is 5.01. The Balaban J connectivity index is 1.76. The second-order valence-corrected chi connectivity index (χ2v) is 7.06. The third-order valence-electron chi connectivity index (χ3n) is 4.03. The van der Waals surface area contributed by atoms with Crippen LogP contribution in [0, 0.1) is 0 Å². The molecular weight excluding hydrogens is 374 g/mol. The molecule has 7 heteroatoms. The van der Waals surface area contributed by atoms with Gasteiger partial charge in [-0.2, -0.15) is 0 Å². The molecule has 132 valence electrons. The number of likely N-dealkylation sites (N-methyl/N-ethyl adjacent to an activating group) is 1. The van der Waals surface area contributed by atoms with E-state index in [4.69, 9.17) is 4.74 Å². The molecule has 1 aliphatic rings. The van der Waals surface area contributed by atoms with Gasteiger partial charge in [-0.1, -0.05) is 28.1 Å². The molecule has 1 aromatic rings. The van der Waals surface area contributed by atoms with Crippen molar-refractivity contribution in [2.75, 3.05) is 46.4 Å². The van der Waals surface area contributed by atoms with E-state index in [-0.39, 0.29) is 24.4 Å². The lowest BCUT2D eigenvalue weighted by molar-refractivity contribution is -0.863. The number of carbonyl (C=O) groups excluding carboxylic acids is 2. The number of hydrogen-bond donors (Lipinski definition) is 2. The van der Waals surface area contributed by atoms with Gasteiger partial charge in [0.1, 0.15) is 0 Å². The molecular formula is C17H25BrN3O3+. The SMILES string of the molecule is C[C@H](NC(=O)C[NH+](C)CC(=O)N1CCOCC1)c1ccc(Br)cc1. The van der Waals surface area contributed by atoms with Gasteiger partial charge in [-0.3, -0.25) is 9.59 Å². The number of carbonyl (C=O) groups is 2. The number of amides is 2. The topological polar surface area (TPSA) is 63.1 Å². The van der Waals surface area contributed by atoms with E-state index in [0.717, 1.165) is 14.9 Å². The summed E-state index contributed by atoms with van der Waals surface area (Å²) in [7, 11) is 1.86. The Morgan fingerprint density at radius 3 is 2.50 bits per heavy atom. The van der Waals surface area contributed by atoms with Gasteiger partial charge in [0.2, 0.25) is 0 Å². The van der Waals surface area contributed by atoms with Crippen LogP contribution in [0.15, 0.2) is 28.7 Å². The van der Waals surface area contributed by atoms with Crippen LogP contribution in [-0.4, -0.2) is 63.2 Å². The van der Waals surface area contributed by atoms with Crippen molar-refractivity contribution in [2.24, 2.45) is 0 Å². The van der Waals surface area contributed by atoms with Crippen molar-refractivity contribution in [1.82, 2.24) is 10.2 Å². The molecule has 6 nitrogen and oxygen atoms in total. The molecule has 0 radical (unpaired) electrons. The standard InChI is InChI=1S/C17H24BrN3O3/c1-13(14-3-5-15(18)6-4-14)19-16(22)11-20(2)12-17(23)21-7-9-24-10-8-21/h3-6,13H,7-12H2,1-2H3,(H,19,22)/p+1/t13-/m0/s1. The lowest BCUT2D eigenvalue weighted by Crippen LogP contribution is -3.11. The van der Waals surface area contributed by atoms with E-state index in [1.807, 2.05) is 38.2 Å². The van der Waals surface area contributed by atoms with Crippen LogP contribution in [0.25, 0.3) is 0 Å². The maximum atomic E-state index is 12.2. The van der Waals surface area contributed by atoms with Gasteiger partial charge in [0.05, 0.1) is 26.3 Å². The number of quaternary nitrogens is 1. The van der Waals surface area contributed by atoms with Crippen LogP contribution >= 0.6 is 15.9 Å². The summed E-state index contributed by atoms with van der Waals surface area (Å²) >= 11 is 3.40. The van der Waals surface area contributed by atoms with Crippen LogP contribution in [-0.2, 0) is 14.3 Å². The predicted octanol–water partition coefficient (Wildman–Crippen LogP) is -0.000200. The zero-order valence-corrected chi connectivity index (χ0v) is 15.8. The Morgan fingerprint density at radius 1 is 1.25 bits per heavy atom. The molecule has 1 fully saturated rings. The van der Waals surface area contributed by atoms with Gasteiger partial charge in [-0.05, 0) is 24.6 Å². The zero-order chi connectivity index (χ0) is 17.5. The van der Waals surface area contributed by atoms with Crippen molar-refractivity contribution in [3.8, 4) is 0 Å². The molecule has 0 aromatic heterocycles. The van der Waals surface area contributed by atoms with Gasteiger partial charge in [0, 0.05) is 17.6 Å². The van der Waals surface area contributed by atoms with E-state index in [1.54, 1.807) is 4.90 Å². The van der Waals surface area contributed by atoms with Crippen LogP contribution in [0.2, 0.25) is 0 Å². The molecule has 1 aromatic carbocycles. The number of hydrogen-bond acceptors (Lipinski definition) is 3. The number of nitrogens with zero attached hydrogens (tertiary/aromatic N) is 1. The first-order valence-corrected chi connectivity index (χ1v) is 8.96. The van der Waals surface area contributed by atoms with Crippen LogP contribution in [0.1, 0.15) is 18.5 Å². The molecule has 2 amide bonds. The molecule has 1 aliphatic heterocycles. The third kappa shape index (κ3) is 5.89. The van der Waals surface area contributed by atoms with Crippen LogP contribution in [0.5, 0.6) is 0 Å². The molecule has 24 heavy (non-hydrogen) atoms. The van der Waals surface area contributed by atoms with Crippen molar-refractivity contribution in [3.63, 3.8) is 0 Å². The lowest BCUT2D eigenvalue weighted by Gasteiger charge is -2.27. The van der Waals surface area contributed by atoms with Gasteiger partial charge in [0.15, 0.2) is 13.1 Å². The van der Waals surface area contributed by atoms with Crippen LogP contribution in [0.4, 0.5) is 0 Å². The number of rotatable bonds is 6. The van der Waals surface area contributed by atoms with Crippen molar-refractivity contribution in [3.05, 3.63) is 34.3 Å². The van der Waals surface area contributed by atoms with E-state index in [2.05, 4.69) is 21.2 Å². The minimum Gasteiger partial charge on any atom is -0.378 e. The third-order valence-corrected chi connectivity index (χ3v) is 4.56. The Kier molecular flexibility index (Phi) is 7.20. The number of morpholine rings is 1. The number of nitrogens with one attached hydrogen (secondary N) is 2. The summed E-state index contributed by atoms with van der Waals surface area (Å²) in [6, 6.07) is 7.81. The molecule has 2 atom stereocenters. The largest absolute Gasteiger partial charge is 0.378 e. The molecule has 0 bridgehead atoms. The Labute approximate surface area is 151 Å². The summed E-state index contributed by atoms with van der Waals surface area (Å²) < 4.78 is 6.25. The average Bonchev–Trinajstić information content (AvgIpc) is 2.55. The minimum atomic E-state index is -0.0617. The summed E-state index contributed by atoms with van der Waals surface area (Å²) in [5.74, 6) is 0.0160. The summed E-state index contributed by atoms with van der Waals surface area (Å²) in [6.07, 6.45) is 0. The zero-order valence-electron chi connectivity index (χ0n) is 14.2.